The van der Waals surface area contributed by atoms with Crippen LogP contribution in [-0.4, -0.2) is 68.0 Å². The topological polar surface area (TPSA) is 105 Å². The molecule has 2 aliphatic heterocycles. The molecular weight excluding hydrogens is 434 g/mol. The quantitative estimate of drug-likeness (QED) is 0.713. The zero-order chi connectivity index (χ0) is 23.5. The van der Waals surface area contributed by atoms with Gasteiger partial charge in [0.25, 0.3) is 0 Å². The van der Waals surface area contributed by atoms with E-state index >= 15 is 0 Å². The number of hydrogen-bond acceptors (Lipinski definition) is 6. The first kappa shape index (κ1) is 24.3. The maximum atomic E-state index is 13.1. The maximum Gasteiger partial charge on any atom is 0.410 e. The highest BCUT2D eigenvalue weighted by atomic mass is 32.2. The Labute approximate surface area is 190 Å². The molecular formula is C22H33N3O6S. The van der Waals surface area contributed by atoms with Gasteiger partial charge < -0.3 is 14.8 Å². The summed E-state index contributed by atoms with van der Waals surface area (Å²) >= 11 is 0. The van der Waals surface area contributed by atoms with Crippen LogP contribution in [0, 0.1) is 0 Å². The van der Waals surface area contributed by atoms with E-state index in [1.807, 2.05) is 0 Å². The average Bonchev–Trinajstić information content (AvgIpc) is 3.23. The molecule has 2 fully saturated rings. The molecule has 178 valence electrons. The van der Waals surface area contributed by atoms with Crippen LogP contribution in [0.3, 0.4) is 0 Å². The van der Waals surface area contributed by atoms with Crippen LogP contribution >= 0.6 is 0 Å². The lowest BCUT2D eigenvalue weighted by Crippen LogP contribution is -2.45. The van der Waals surface area contributed by atoms with Gasteiger partial charge in [0.1, 0.15) is 17.4 Å². The number of methoxy groups -OCH3 is 1. The summed E-state index contributed by atoms with van der Waals surface area (Å²) in [5.41, 5.74) is -0.409. The predicted octanol–water partition coefficient (Wildman–Crippen LogP) is 3.21. The summed E-state index contributed by atoms with van der Waals surface area (Å²) in [6.45, 7) is 6.72. The molecule has 0 radical (unpaired) electrons. The lowest BCUT2D eigenvalue weighted by Gasteiger charge is -2.28. The second kappa shape index (κ2) is 9.66. The number of ether oxygens (including phenoxy) is 2. The molecule has 10 heteroatoms. The fourth-order valence-corrected chi connectivity index (χ4v) is 5.54. The molecule has 3 rings (SSSR count). The van der Waals surface area contributed by atoms with Crippen molar-refractivity contribution in [1.82, 2.24) is 9.21 Å². The van der Waals surface area contributed by atoms with Crippen molar-refractivity contribution in [2.24, 2.45) is 0 Å². The van der Waals surface area contributed by atoms with Crippen molar-refractivity contribution in [2.45, 2.75) is 69.4 Å². The number of hydrogen-bond donors (Lipinski definition) is 1. The monoisotopic (exact) mass is 467 g/mol. The van der Waals surface area contributed by atoms with Gasteiger partial charge in [-0.1, -0.05) is 6.42 Å². The number of rotatable bonds is 5. The zero-order valence-corrected chi connectivity index (χ0v) is 20.0. The summed E-state index contributed by atoms with van der Waals surface area (Å²) in [5, 5.41) is 2.77. The summed E-state index contributed by atoms with van der Waals surface area (Å²) in [6.07, 6.45) is 3.33. The normalized spacial score (nSPS) is 20.1. The maximum absolute atomic E-state index is 13.1. The van der Waals surface area contributed by atoms with E-state index in [0.717, 1.165) is 19.3 Å². The summed E-state index contributed by atoms with van der Waals surface area (Å²) in [6, 6.07) is 3.75. The van der Waals surface area contributed by atoms with Gasteiger partial charge in [0.2, 0.25) is 15.9 Å². The van der Waals surface area contributed by atoms with Crippen LogP contribution in [0.5, 0.6) is 5.75 Å². The fourth-order valence-electron chi connectivity index (χ4n) is 3.99. The van der Waals surface area contributed by atoms with Crippen LogP contribution in [-0.2, 0) is 19.6 Å². The first-order valence-electron chi connectivity index (χ1n) is 11.0. The average molecular weight is 468 g/mol. The number of sulfonamides is 1. The van der Waals surface area contributed by atoms with E-state index < -0.39 is 33.7 Å². The Kier molecular flexibility index (Phi) is 7.34. The van der Waals surface area contributed by atoms with Crippen molar-refractivity contribution < 1.29 is 27.5 Å². The number of piperidine rings is 1. The third kappa shape index (κ3) is 5.53. The molecule has 1 N–H and O–H groups in total. The minimum Gasteiger partial charge on any atom is -0.495 e. The Morgan fingerprint density at radius 1 is 1.06 bits per heavy atom. The number of amides is 2. The van der Waals surface area contributed by atoms with Gasteiger partial charge in [0, 0.05) is 19.6 Å². The van der Waals surface area contributed by atoms with Crippen molar-refractivity contribution in [3.05, 3.63) is 18.2 Å². The summed E-state index contributed by atoms with van der Waals surface area (Å²) in [7, 11) is -2.22. The second-order valence-corrected chi connectivity index (χ2v) is 11.1. The van der Waals surface area contributed by atoms with Crippen molar-refractivity contribution in [1.29, 1.82) is 0 Å². The number of carbonyl (C=O) groups is 2. The molecule has 0 saturated carbocycles. The smallest absolute Gasteiger partial charge is 0.410 e. The van der Waals surface area contributed by atoms with E-state index in [2.05, 4.69) is 5.32 Å². The Hall–Kier alpha value is -2.33. The van der Waals surface area contributed by atoms with Gasteiger partial charge in [-0.3, -0.25) is 9.69 Å². The molecule has 2 aliphatic rings. The van der Waals surface area contributed by atoms with Crippen LogP contribution < -0.4 is 10.1 Å². The van der Waals surface area contributed by atoms with Gasteiger partial charge in [0.05, 0.1) is 17.7 Å². The summed E-state index contributed by atoms with van der Waals surface area (Å²) < 4.78 is 38.4. The molecule has 1 aromatic carbocycles. The number of benzene rings is 1. The number of likely N-dealkylation sites (tertiary alicyclic amines) is 1. The molecule has 1 atom stereocenters. The third-order valence-corrected chi connectivity index (χ3v) is 7.46. The highest BCUT2D eigenvalue weighted by Crippen LogP contribution is 2.31. The zero-order valence-electron chi connectivity index (χ0n) is 19.2. The highest BCUT2D eigenvalue weighted by molar-refractivity contribution is 7.89. The molecule has 2 saturated heterocycles. The van der Waals surface area contributed by atoms with Crippen molar-refractivity contribution in [2.75, 3.05) is 32.1 Å². The molecule has 32 heavy (non-hydrogen) atoms. The minimum atomic E-state index is -3.67. The SMILES string of the molecule is COc1ccc(S(=O)(=O)N2CCCCC2)cc1NC(=O)C1CCCN1C(=O)OC(C)(C)C. The lowest BCUT2D eigenvalue weighted by molar-refractivity contribution is -0.120. The van der Waals surface area contributed by atoms with Crippen LogP contribution in [0.4, 0.5) is 10.5 Å². The number of anilines is 1. The second-order valence-electron chi connectivity index (χ2n) is 9.15. The Balaban J connectivity index is 1.80. The van der Waals surface area contributed by atoms with E-state index in [9.17, 15) is 18.0 Å². The van der Waals surface area contributed by atoms with Crippen LogP contribution in [0.25, 0.3) is 0 Å². The van der Waals surface area contributed by atoms with Gasteiger partial charge in [-0.15, -0.1) is 0 Å². The Bertz CT molecular complexity index is 951. The standard InChI is InChI=1S/C22H33N3O6S/c1-22(2,3)31-21(27)25-14-8-9-18(25)20(26)23-17-15-16(10-11-19(17)30-4)32(28,29)24-12-6-5-7-13-24/h10-11,15,18H,5-9,12-14H2,1-4H3,(H,23,26). The molecule has 0 bridgehead atoms. The summed E-state index contributed by atoms with van der Waals surface area (Å²) in [4.78, 5) is 27.1. The van der Waals surface area contributed by atoms with Crippen molar-refractivity contribution in [3.8, 4) is 5.75 Å². The lowest BCUT2D eigenvalue weighted by atomic mass is 10.2. The molecule has 1 unspecified atom stereocenters. The molecule has 9 nitrogen and oxygen atoms in total. The molecule has 1 aromatic rings. The van der Waals surface area contributed by atoms with Gasteiger partial charge in [0.15, 0.2) is 0 Å². The minimum absolute atomic E-state index is 0.103. The van der Waals surface area contributed by atoms with E-state index in [1.54, 1.807) is 20.8 Å². The molecule has 0 spiro atoms. The van der Waals surface area contributed by atoms with Gasteiger partial charge in [-0.25, -0.2) is 13.2 Å². The van der Waals surface area contributed by atoms with E-state index in [-0.39, 0.29) is 10.6 Å². The number of carbonyl (C=O) groups excluding carboxylic acids is 2. The van der Waals surface area contributed by atoms with E-state index in [1.165, 1.54) is 34.5 Å². The van der Waals surface area contributed by atoms with Crippen molar-refractivity contribution in [3.63, 3.8) is 0 Å². The Morgan fingerprint density at radius 3 is 2.38 bits per heavy atom. The van der Waals surface area contributed by atoms with Crippen LogP contribution in [0.2, 0.25) is 0 Å². The molecule has 0 aliphatic carbocycles. The molecule has 2 amide bonds. The fraction of sp³-hybridized carbons (Fsp3) is 0.636. The third-order valence-electron chi connectivity index (χ3n) is 5.57. The molecule has 2 heterocycles. The molecule has 0 aromatic heterocycles. The number of nitrogens with zero attached hydrogens (tertiary/aromatic N) is 2. The summed E-state index contributed by atoms with van der Waals surface area (Å²) in [5.74, 6) is -0.0584. The highest BCUT2D eigenvalue weighted by Gasteiger charge is 2.37. The van der Waals surface area contributed by atoms with Gasteiger partial charge in [-0.05, 0) is 64.7 Å². The van der Waals surface area contributed by atoms with Crippen LogP contribution in [0.1, 0.15) is 52.9 Å². The van der Waals surface area contributed by atoms with Crippen molar-refractivity contribution >= 4 is 27.7 Å². The number of nitrogens with one attached hydrogen (secondary N) is 1. The van der Waals surface area contributed by atoms with E-state index in [4.69, 9.17) is 9.47 Å². The first-order valence-corrected chi connectivity index (χ1v) is 12.5. The van der Waals surface area contributed by atoms with Gasteiger partial charge >= 0.3 is 6.09 Å². The van der Waals surface area contributed by atoms with E-state index in [0.29, 0.717) is 38.2 Å². The largest absolute Gasteiger partial charge is 0.495 e. The van der Waals surface area contributed by atoms with Crippen LogP contribution in [0.15, 0.2) is 23.1 Å². The Morgan fingerprint density at radius 2 is 1.75 bits per heavy atom. The first-order chi connectivity index (χ1) is 15.0. The van der Waals surface area contributed by atoms with Gasteiger partial charge in [-0.2, -0.15) is 4.31 Å². The predicted molar refractivity (Wildman–Crippen MR) is 120 cm³/mol.